The zero-order chi connectivity index (χ0) is 14.1. The SMILES string of the molecule is CSc1nc(C)c(-c2cc3ccccn3c2)cc1C#N. The smallest absolute Gasteiger partial charge is 0.114 e. The molecule has 0 saturated carbocycles. The zero-order valence-electron chi connectivity index (χ0n) is 11.3. The van der Waals surface area contributed by atoms with E-state index in [1.165, 1.54) is 11.8 Å². The lowest BCUT2D eigenvalue weighted by Gasteiger charge is -2.06. The van der Waals surface area contributed by atoms with E-state index in [9.17, 15) is 5.26 Å². The third-order valence-corrected chi connectivity index (χ3v) is 4.01. The van der Waals surface area contributed by atoms with Crippen LogP contribution in [0.3, 0.4) is 0 Å². The normalized spacial score (nSPS) is 10.7. The summed E-state index contributed by atoms with van der Waals surface area (Å²) in [7, 11) is 0. The summed E-state index contributed by atoms with van der Waals surface area (Å²) in [6.45, 7) is 1.98. The molecule has 0 spiro atoms. The van der Waals surface area contributed by atoms with E-state index in [-0.39, 0.29) is 0 Å². The Bertz CT molecular complexity index is 794. The molecule has 3 nitrogen and oxygen atoms in total. The van der Waals surface area contributed by atoms with E-state index in [0.29, 0.717) is 5.56 Å². The first-order valence-electron chi connectivity index (χ1n) is 6.26. The molecule has 0 aliphatic heterocycles. The summed E-state index contributed by atoms with van der Waals surface area (Å²) in [6.07, 6.45) is 6.03. The molecular weight excluding hydrogens is 266 g/mol. The van der Waals surface area contributed by atoms with Crippen molar-refractivity contribution in [2.24, 2.45) is 0 Å². The predicted octanol–water partition coefficient (Wildman–Crippen LogP) is 3.90. The van der Waals surface area contributed by atoms with E-state index >= 15 is 0 Å². The Labute approximate surface area is 121 Å². The molecule has 0 atom stereocenters. The van der Waals surface area contributed by atoms with Crippen molar-refractivity contribution in [2.45, 2.75) is 11.9 Å². The summed E-state index contributed by atoms with van der Waals surface area (Å²) in [5.41, 5.74) is 4.82. The molecule has 0 aromatic carbocycles. The van der Waals surface area contributed by atoms with Gasteiger partial charge in [0, 0.05) is 34.7 Å². The summed E-state index contributed by atoms with van der Waals surface area (Å²) in [6, 6.07) is 12.4. The van der Waals surface area contributed by atoms with Gasteiger partial charge in [0.25, 0.3) is 0 Å². The van der Waals surface area contributed by atoms with E-state index < -0.39 is 0 Å². The second kappa shape index (κ2) is 5.03. The summed E-state index contributed by atoms with van der Waals surface area (Å²) >= 11 is 1.50. The van der Waals surface area contributed by atoms with Gasteiger partial charge in [-0.05, 0) is 37.4 Å². The molecule has 0 radical (unpaired) electrons. The lowest BCUT2D eigenvalue weighted by atomic mass is 10.1. The van der Waals surface area contributed by atoms with Crippen LogP contribution >= 0.6 is 11.8 Å². The van der Waals surface area contributed by atoms with Crippen LogP contribution < -0.4 is 0 Å². The lowest BCUT2D eigenvalue weighted by Crippen LogP contribution is -1.93. The van der Waals surface area contributed by atoms with Gasteiger partial charge in [0.05, 0.1) is 5.56 Å². The predicted molar refractivity (Wildman–Crippen MR) is 81.9 cm³/mol. The minimum Gasteiger partial charge on any atom is -0.323 e. The second-order valence-corrected chi connectivity index (χ2v) is 5.35. The topological polar surface area (TPSA) is 41.1 Å². The number of aryl methyl sites for hydroxylation is 1. The van der Waals surface area contributed by atoms with Gasteiger partial charge < -0.3 is 4.40 Å². The Morgan fingerprint density at radius 2 is 2.15 bits per heavy atom. The fraction of sp³-hybridized carbons (Fsp3) is 0.125. The van der Waals surface area contributed by atoms with Crippen LogP contribution in [0.2, 0.25) is 0 Å². The highest BCUT2D eigenvalue weighted by molar-refractivity contribution is 7.98. The number of rotatable bonds is 2. The summed E-state index contributed by atoms with van der Waals surface area (Å²) < 4.78 is 2.07. The number of thioether (sulfide) groups is 1. The Morgan fingerprint density at radius 1 is 1.30 bits per heavy atom. The van der Waals surface area contributed by atoms with Crippen molar-refractivity contribution in [3.8, 4) is 17.2 Å². The summed E-state index contributed by atoms with van der Waals surface area (Å²) in [5.74, 6) is 0. The molecule has 0 bridgehead atoms. The first-order valence-corrected chi connectivity index (χ1v) is 7.48. The number of nitriles is 1. The molecule has 3 aromatic heterocycles. The maximum atomic E-state index is 9.24. The van der Waals surface area contributed by atoms with Crippen LogP contribution in [0.5, 0.6) is 0 Å². The summed E-state index contributed by atoms with van der Waals surface area (Å²) in [5, 5.41) is 10.0. The van der Waals surface area contributed by atoms with Gasteiger partial charge in [-0.1, -0.05) is 6.07 Å². The molecule has 3 heterocycles. The van der Waals surface area contributed by atoms with Crippen molar-refractivity contribution in [3.63, 3.8) is 0 Å². The Morgan fingerprint density at radius 3 is 2.85 bits per heavy atom. The molecule has 0 amide bonds. The van der Waals surface area contributed by atoms with Gasteiger partial charge in [-0.25, -0.2) is 4.98 Å². The highest BCUT2D eigenvalue weighted by atomic mass is 32.2. The van der Waals surface area contributed by atoms with Gasteiger partial charge in [0.2, 0.25) is 0 Å². The van der Waals surface area contributed by atoms with Crippen molar-refractivity contribution >= 4 is 17.3 Å². The molecule has 20 heavy (non-hydrogen) atoms. The van der Waals surface area contributed by atoms with Crippen molar-refractivity contribution < 1.29 is 0 Å². The number of hydrogen-bond acceptors (Lipinski definition) is 3. The van der Waals surface area contributed by atoms with E-state index in [1.807, 2.05) is 37.6 Å². The third kappa shape index (κ3) is 2.06. The van der Waals surface area contributed by atoms with Gasteiger partial charge in [-0.3, -0.25) is 0 Å². The van der Waals surface area contributed by atoms with Crippen LogP contribution in [0.1, 0.15) is 11.3 Å². The number of hydrogen-bond donors (Lipinski definition) is 0. The molecule has 0 N–H and O–H groups in total. The Kier molecular flexibility index (Phi) is 3.21. The van der Waals surface area contributed by atoms with Gasteiger partial charge in [-0.2, -0.15) is 5.26 Å². The second-order valence-electron chi connectivity index (χ2n) is 4.55. The fourth-order valence-corrected chi connectivity index (χ4v) is 2.87. The Balaban J connectivity index is 2.21. The van der Waals surface area contributed by atoms with Crippen LogP contribution in [0.25, 0.3) is 16.6 Å². The van der Waals surface area contributed by atoms with E-state index in [4.69, 9.17) is 0 Å². The van der Waals surface area contributed by atoms with Crippen molar-refractivity contribution in [1.29, 1.82) is 5.26 Å². The van der Waals surface area contributed by atoms with E-state index in [2.05, 4.69) is 33.8 Å². The minimum absolute atomic E-state index is 0.633. The maximum absolute atomic E-state index is 9.24. The molecular formula is C16H13N3S. The van der Waals surface area contributed by atoms with E-state index in [1.54, 1.807) is 0 Å². The molecule has 0 unspecified atom stereocenters. The number of pyridine rings is 2. The van der Waals surface area contributed by atoms with Crippen LogP contribution in [0, 0.1) is 18.3 Å². The van der Waals surface area contributed by atoms with Crippen molar-refractivity contribution in [3.05, 3.63) is 54.0 Å². The number of fused-ring (bicyclic) bond motifs is 1. The quantitative estimate of drug-likeness (QED) is 0.668. The van der Waals surface area contributed by atoms with Gasteiger partial charge in [0.15, 0.2) is 0 Å². The highest BCUT2D eigenvalue weighted by Gasteiger charge is 2.11. The van der Waals surface area contributed by atoms with Crippen molar-refractivity contribution in [2.75, 3.05) is 6.26 Å². The molecule has 0 aliphatic rings. The van der Waals surface area contributed by atoms with Crippen LogP contribution in [0.4, 0.5) is 0 Å². The standard InChI is InChI=1S/C16H13N3S/c1-11-15(8-12(9-17)16(18-11)20-2)13-7-14-5-3-4-6-19(14)10-13/h3-8,10H,1-2H3. The minimum atomic E-state index is 0.633. The van der Waals surface area contributed by atoms with Gasteiger partial charge in [0.1, 0.15) is 11.1 Å². The molecule has 4 heteroatoms. The molecule has 3 aromatic rings. The van der Waals surface area contributed by atoms with Gasteiger partial charge in [-0.15, -0.1) is 11.8 Å². The lowest BCUT2D eigenvalue weighted by molar-refractivity contribution is 1.05. The van der Waals surface area contributed by atoms with Crippen LogP contribution in [-0.2, 0) is 0 Å². The Hall–Kier alpha value is -2.25. The average Bonchev–Trinajstić information content (AvgIpc) is 2.90. The summed E-state index contributed by atoms with van der Waals surface area (Å²) in [4.78, 5) is 4.54. The number of nitrogens with zero attached hydrogens (tertiary/aromatic N) is 3. The van der Waals surface area contributed by atoms with Crippen LogP contribution in [0.15, 0.2) is 47.8 Å². The molecule has 0 fully saturated rings. The fourth-order valence-electron chi connectivity index (χ4n) is 2.31. The number of aromatic nitrogens is 2. The van der Waals surface area contributed by atoms with Gasteiger partial charge >= 0.3 is 0 Å². The first kappa shape index (κ1) is 12.8. The highest BCUT2D eigenvalue weighted by Crippen LogP contribution is 2.29. The zero-order valence-corrected chi connectivity index (χ0v) is 12.1. The maximum Gasteiger partial charge on any atom is 0.114 e. The third-order valence-electron chi connectivity index (χ3n) is 3.31. The van der Waals surface area contributed by atoms with Crippen LogP contribution in [-0.4, -0.2) is 15.6 Å². The van der Waals surface area contributed by atoms with Crippen molar-refractivity contribution in [1.82, 2.24) is 9.38 Å². The average molecular weight is 279 g/mol. The van der Waals surface area contributed by atoms with E-state index in [0.717, 1.165) is 27.4 Å². The largest absolute Gasteiger partial charge is 0.323 e. The first-order chi connectivity index (χ1) is 9.72. The molecule has 0 aliphatic carbocycles. The molecule has 98 valence electrons. The molecule has 3 rings (SSSR count). The molecule has 0 saturated heterocycles. The monoisotopic (exact) mass is 279 g/mol.